The van der Waals surface area contributed by atoms with Gasteiger partial charge in [-0.05, 0) is 55.0 Å². The Morgan fingerprint density at radius 2 is 1.84 bits per heavy atom. The summed E-state index contributed by atoms with van der Waals surface area (Å²) in [5, 5.41) is 6.91. The van der Waals surface area contributed by atoms with E-state index in [9.17, 15) is 4.39 Å². The van der Waals surface area contributed by atoms with E-state index in [1.165, 1.54) is 12.1 Å². The van der Waals surface area contributed by atoms with Crippen LogP contribution in [0.2, 0.25) is 0 Å². The maximum atomic E-state index is 13.4. The maximum Gasteiger partial charge on any atom is 0.214 e. The fraction of sp³-hybridized carbons (Fsp3) is 0.240. The second-order valence-corrected chi connectivity index (χ2v) is 7.50. The van der Waals surface area contributed by atoms with Crippen LogP contribution in [0.4, 0.5) is 4.39 Å². The lowest BCUT2D eigenvalue weighted by Gasteiger charge is -2.38. The molecule has 0 aliphatic carbocycles. The number of benzene rings is 3. The van der Waals surface area contributed by atoms with E-state index in [2.05, 4.69) is 0 Å². The van der Waals surface area contributed by atoms with E-state index < -0.39 is 6.23 Å². The maximum absolute atomic E-state index is 13.4. The van der Waals surface area contributed by atoms with Gasteiger partial charge in [-0.25, -0.2) is 9.40 Å². The summed E-state index contributed by atoms with van der Waals surface area (Å²) in [5.41, 5.74) is 3.81. The first-order valence-electron chi connectivity index (χ1n) is 10.4. The van der Waals surface area contributed by atoms with Crippen molar-refractivity contribution in [1.29, 1.82) is 0 Å². The zero-order chi connectivity index (χ0) is 21.4. The third kappa shape index (κ3) is 3.48. The fourth-order valence-electron chi connectivity index (χ4n) is 4.18. The average molecular weight is 418 g/mol. The number of nitrogens with zero attached hydrogens (tertiary/aromatic N) is 2. The van der Waals surface area contributed by atoms with Gasteiger partial charge in [-0.2, -0.15) is 5.10 Å². The molecule has 6 heteroatoms. The first-order valence-corrected chi connectivity index (χ1v) is 10.4. The predicted molar refractivity (Wildman–Crippen MR) is 116 cm³/mol. The summed E-state index contributed by atoms with van der Waals surface area (Å²) in [6.45, 7) is 2.57. The summed E-state index contributed by atoms with van der Waals surface area (Å²) in [5.74, 6) is 1.99. The zero-order valence-corrected chi connectivity index (χ0v) is 17.4. The second-order valence-electron chi connectivity index (χ2n) is 7.50. The number of para-hydroxylation sites is 1. The highest BCUT2D eigenvalue weighted by atomic mass is 19.1. The number of hydrazone groups is 1. The normalized spacial score (nSPS) is 19.2. The monoisotopic (exact) mass is 418 g/mol. The molecule has 2 aliphatic heterocycles. The third-order valence-electron chi connectivity index (χ3n) is 5.65. The molecule has 0 fully saturated rings. The molecule has 0 saturated heterocycles. The topological polar surface area (TPSA) is 43.3 Å². The summed E-state index contributed by atoms with van der Waals surface area (Å²) in [4.78, 5) is 0. The third-order valence-corrected chi connectivity index (χ3v) is 5.65. The van der Waals surface area contributed by atoms with Crippen molar-refractivity contribution in [2.75, 3.05) is 13.7 Å². The number of rotatable bonds is 5. The van der Waals surface area contributed by atoms with E-state index in [0.717, 1.165) is 33.9 Å². The van der Waals surface area contributed by atoms with Gasteiger partial charge < -0.3 is 14.2 Å². The van der Waals surface area contributed by atoms with Crippen molar-refractivity contribution in [2.45, 2.75) is 25.6 Å². The second kappa shape index (κ2) is 7.95. The molecule has 2 heterocycles. The van der Waals surface area contributed by atoms with Gasteiger partial charge in [0.05, 0.1) is 25.5 Å². The Bertz CT molecular complexity index is 1110. The molecule has 0 spiro atoms. The minimum Gasteiger partial charge on any atom is -0.494 e. The molecule has 3 aromatic rings. The molecule has 0 aromatic heterocycles. The summed E-state index contributed by atoms with van der Waals surface area (Å²) in [7, 11) is 1.65. The Labute approximate surface area is 180 Å². The van der Waals surface area contributed by atoms with Crippen LogP contribution in [0.5, 0.6) is 17.2 Å². The van der Waals surface area contributed by atoms with E-state index in [4.69, 9.17) is 19.3 Å². The molecule has 0 amide bonds. The van der Waals surface area contributed by atoms with Crippen molar-refractivity contribution in [3.05, 3.63) is 89.2 Å². The van der Waals surface area contributed by atoms with Crippen LogP contribution in [0.25, 0.3) is 0 Å². The minimum absolute atomic E-state index is 0.00419. The fourth-order valence-corrected chi connectivity index (χ4v) is 4.18. The number of halogens is 1. The lowest BCUT2D eigenvalue weighted by molar-refractivity contribution is -0.0209. The van der Waals surface area contributed by atoms with Crippen molar-refractivity contribution in [1.82, 2.24) is 5.01 Å². The van der Waals surface area contributed by atoms with Crippen LogP contribution in [0, 0.1) is 5.82 Å². The average Bonchev–Trinajstić information content (AvgIpc) is 3.25. The zero-order valence-electron chi connectivity index (χ0n) is 17.4. The molecule has 2 aliphatic rings. The number of hydrogen-bond acceptors (Lipinski definition) is 5. The molecule has 0 bridgehead atoms. The SMILES string of the molecule is CCOc1ccc(C2Oc3c(OC)cccc3C3CC(c4ccc(F)cc4)=NN32)cc1. The van der Waals surface area contributed by atoms with E-state index in [-0.39, 0.29) is 11.9 Å². The Morgan fingerprint density at radius 3 is 2.55 bits per heavy atom. The summed E-state index contributed by atoms with van der Waals surface area (Å²) in [6, 6.07) is 20.3. The van der Waals surface area contributed by atoms with Crippen LogP contribution in [0.15, 0.2) is 71.8 Å². The standard InChI is InChI=1S/C25H23FN2O3/c1-3-30-19-13-9-17(10-14-19)25-28-22(20-5-4-6-23(29-2)24(20)31-25)15-21(27-28)16-7-11-18(26)12-8-16/h4-14,22,25H,3,15H2,1-2H3. The summed E-state index contributed by atoms with van der Waals surface area (Å²) >= 11 is 0. The van der Waals surface area contributed by atoms with Gasteiger partial charge in [0.25, 0.3) is 0 Å². The molecular formula is C25H23FN2O3. The number of ether oxygens (including phenoxy) is 3. The highest BCUT2D eigenvalue weighted by Gasteiger charge is 2.42. The first-order chi connectivity index (χ1) is 15.2. The van der Waals surface area contributed by atoms with Crippen LogP contribution >= 0.6 is 0 Å². The smallest absolute Gasteiger partial charge is 0.214 e. The first kappa shape index (κ1) is 19.4. The Morgan fingerprint density at radius 1 is 1.06 bits per heavy atom. The quantitative estimate of drug-likeness (QED) is 0.551. The van der Waals surface area contributed by atoms with Gasteiger partial charge in [0.2, 0.25) is 6.23 Å². The van der Waals surface area contributed by atoms with Crippen LogP contribution in [0.1, 0.15) is 42.3 Å². The van der Waals surface area contributed by atoms with Crippen molar-refractivity contribution in [3.8, 4) is 17.2 Å². The molecule has 3 aromatic carbocycles. The Hall–Kier alpha value is -3.54. The van der Waals surface area contributed by atoms with E-state index >= 15 is 0 Å². The lowest BCUT2D eigenvalue weighted by atomic mass is 9.95. The Kier molecular flexibility index (Phi) is 4.98. The van der Waals surface area contributed by atoms with E-state index in [1.54, 1.807) is 19.2 Å². The van der Waals surface area contributed by atoms with Gasteiger partial charge in [-0.3, -0.25) is 0 Å². The van der Waals surface area contributed by atoms with Gasteiger partial charge in [-0.1, -0.05) is 24.3 Å². The molecule has 31 heavy (non-hydrogen) atoms. The van der Waals surface area contributed by atoms with Crippen molar-refractivity contribution in [2.24, 2.45) is 5.10 Å². The largest absolute Gasteiger partial charge is 0.494 e. The molecule has 2 unspecified atom stereocenters. The highest BCUT2D eigenvalue weighted by Crippen LogP contribution is 2.50. The van der Waals surface area contributed by atoms with Crippen LogP contribution < -0.4 is 14.2 Å². The van der Waals surface area contributed by atoms with Gasteiger partial charge in [0, 0.05) is 17.5 Å². The predicted octanol–water partition coefficient (Wildman–Crippen LogP) is 5.48. The van der Waals surface area contributed by atoms with Crippen molar-refractivity contribution in [3.63, 3.8) is 0 Å². The van der Waals surface area contributed by atoms with Gasteiger partial charge in [0.15, 0.2) is 11.5 Å². The van der Waals surface area contributed by atoms with Crippen molar-refractivity contribution < 1.29 is 18.6 Å². The molecule has 2 atom stereocenters. The highest BCUT2D eigenvalue weighted by molar-refractivity contribution is 6.02. The van der Waals surface area contributed by atoms with Gasteiger partial charge >= 0.3 is 0 Å². The molecule has 158 valence electrons. The number of hydrogen-bond donors (Lipinski definition) is 0. The lowest BCUT2D eigenvalue weighted by Crippen LogP contribution is -2.33. The van der Waals surface area contributed by atoms with Crippen LogP contribution in [-0.2, 0) is 0 Å². The van der Waals surface area contributed by atoms with Crippen molar-refractivity contribution >= 4 is 5.71 Å². The molecule has 0 saturated carbocycles. The van der Waals surface area contributed by atoms with E-state index in [1.807, 2.05) is 54.4 Å². The summed E-state index contributed by atoms with van der Waals surface area (Å²) in [6.07, 6.45) is 0.283. The molecule has 5 nitrogen and oxygen atoms in total. The number of fused-ring (bicyclic) bond motifs is 3. The molecule has 0 radical (unpaired) electrons. The molecular weight excluding hydrogens is 395 g/mol. The van der Waals surface area contributed by atoms with Crippen LogP contribution in [0.3, 0.4) is 0 Å². The summed E-state index contributed by atoms with van der Waals surface area (Å²) < 4.78 is 31.0. The van der Waals surface area contributed by atoms with Gasteiger partial charge in [-0.15, -0.1) is 0 Å². The molecule has 5 rings (SSSR count). The minimum atomic E-state index is -0.414. The van der Waals surface area contributed by atoms with Gasteiger partial charge in [0.1, 0.15) is 11.6 Å². The molecule has 0 N–H and O–H groups in total. The number of methoxy groups -OCH3 is 1. The van der Waals surface area contributed by atoms with Crippen LogP contribution in [-0.4, -0.2) is 24.4 Å². The Balaban J connectivity index is 1.57. The van der Waals surface area contributed by atoms with E-state index in [0.29, 0.717) is 18.8 Å².